The van der Waals surface area contributed by atoms with Gasteiger partial charge in [-0.1, -0.05) is 12.1 Å². The van der Waals surface area contributed by atoms with Gasteiger partial charge in [-0.25, -0.2) is 0 Å². The topological polar surface area (TPSA) is 62.6 Å². The summed E-state index contributed by atoms with van der Waals surface area (Å²) >= 11 is 0. The normalized spacial score (nSPS) is 12.3. The van der Waals surface area contributed by atoms with E-state index in [9.17, 15) is 5.11 Å². The number of nitrogens with one attached hydrogen (secondary N) is 1. The van der Waals surface area contributed by atoms with Gasteiger partial charge in [0.25, 0.3) is 0 Å². The average Bonchev–Trinajstić information content (AvgIpc) is 2.81. The predicted molar refractivity (Wildman–Crippen MR) is 91.9 cm³/mol. The number of aryl methyl sites for hydroxylation is 2. The molecule has 0 aliphatic carbocycles. The van der Waals surface area contributed by atoms with Gasteiger partial charge in [-0.05, 0) is 24.6 Å². The number of benzene rings is 1. The number of aliphatic hydroxyl groups excluding tert-OH is 1. The molecule has 0 aliphatic rings. The van der Waals surface area contributed by atoms with E-state index in [0.717, 1.165) is 28.4 Å². The summed E-state index contributed by atoms with van der Waals surface area (Å²) in [5, 5.41) is 18.1. The maximum atomic E-state index is 10.3. The van der Waals surface area contributed by atoms with Crippen LogP contribution in [0.25, 0.3) is 0 Å². The Kier molecular flexibility index (Phi) is 5.63. The van der Waals surface area contributed by atoms with Crippen LogP contribution in [0.5, 0.6) is 5.75 Å². The van der Waals surface area contributed by atoms with Crippen molar-refractivity contribution in [2.75, 3.05) is 32.6 Å². The fraction of sp³-hybridized carbons (Fsp3) is 0.471. The summed E-state index contributed by atoms with van der Waals surface area (Å²) < 4.78 is 7.01. The molecule has 1 aromatic carbocycles. The molecular formula is C17H26N4O2. The zero-order valence-electron chi connectivity index (χ0n) is 14.5. The lowest BCUT2D eigenvalue weighted by Gasteiger charge is -2.17. The summed E-state index contributed by atoms with van der Waals surface area (Å²) in [5.41, 5.74) is 3.02. The van der Waals surface area contributed by atoms with Gasteiger partial charge in [-0.2, -0.15) is 5.10 Å². The molecule has 1 aromatic heterocycles. The molecule has 1 atom stereocenters. The van der Waals surface area contributed by atoms with Crippen molar-refractivity contribution in [1.82, 2.24) is 15.1 Å². The Morgan fingerprint density at radius 3 is 2.52 bits per heavy atom. The first kappa shape index (κ1) is 17.3. The molecular weight excluding hydrogens is 292 g/mol. The molecule has 0 bridgehead atoms. The van der Waals surface area contributed by atoms with Crippen molar-refractivity contribution in [3.63, 3.8) is 0 Å². The van der Waals surface area contributed by atoms with E-state index < -0.39 is 6.10 Å². The van der Waals surface area contributed by atoms with Crippen LogP contribution in [-0.4, -0.2) is 42.6 Å². The first-order valence-corrected chi connectivity index (χ1v) is 7.66. The Morgan fingerprint density at radius 1 is 1.30 bits per heavy atom. The molecule has 0 amide bonds. The molecule has 0 spiro atoms. The maximum absolute atomic E-state index is 10.3. The van der Waals surface area contributed by atoms with E-state index in [-0.39, 0.29) is 0 Å². The summed E-state index contributed by atoms with van der Waals surface area (Å²) in [6.45, 7) is 3.15. The van der Waals surface area contributed by atoms with Gasteiger partial charge in [-0.3, -0.25) is 4.68 Å². The smallest absolute Gasteiger partial charge is 0.130 e. The Labute approximate surface area is 137 Å². The summed E-state index contributed by atoms with van der Waals surface area (Å²) in [4.78, 5) is 2.05. The molecule has 23 heavy (non-hydrogen) atoms. The summed E-state index contributed by atoms with van der Waals surface area (Å²) in [7, 11) is 7.59. The van der Waals surface area contributed by atoms with E-state index >= 15 is 0 Å². The van der Waals surface area contributed by atoms with Gasteiger partial charge in [0.15, 0.2) is 0 Å². The molecule has 1 unspecified atom stereocenters. The maximum Gasteiger partial charge on any atom is 0.130 e. The lowest BCUT2D eigenvalue weighted by molar-refractivity contribution is 0.174. The number of nitrogens with zero attached hydrogens (tertiary/aromatic N) is 3. The highest BCUT2D eigenvalue weighted by molar-refractivity contribution is 5.48. The lowest BCUT2D eigenvalue weighted by Crippen LogP contribution is -2.23. The molecule has 2 N–H and O–H groups in total. The van der Waals surface area contributed by atoms with Gasteiger partial charge in [0, 0.05) is 39.8 Å². The minimum atomic E-state index is -0.555. The monoisotopic (exact) mass is 318 g/mol. The first-order chi connectivity index (χ1) is 10.9. The highest BCUT2D eigenvalue weighted by atomic mass is 16.5. The van der Waals surface area contributed by atoms with Crippen LogP contribution >= 0.6 is 0 Å². The third kappa shape index (κ3) is 4.03. The fourth-order valence-electron chi connectivity index (χ4n) is 2.73. The molecule has 0 saturated heterocycles. The minimum Gasteiger partial charge on any atom is -0.497 e. The van der Waals surface area contributed by atoms with E-state index in [4.69, 9.17) is 4.74 Å². The second kappa shape index (κ2) is 7.48. The molecule has 2 aromatic rings. The zero-order chi connectivity index (χ0) is 17.0. The van der Waals surface area contributed by atoms with Gasteiger partial charge in [0.2, 0.25) is 0 Å². The molecule has 0 aliphatic heterocycles. The lowest BCUT2D eigenvalue weighted by atomic mass is 10.1. The minimum absolute atomic E-state index is 0.480. The van der Waals surface area contributed by atoms with Gasteiger partial charge in [-0.15, -0.1) is 0 Å². The number of hydrogen-bond acceptors (Lipinski definition) is 5. The van der Waals surface area contributed by atoms with Crippen LogP contribution in [0.2, 0.25) is 0 Å². The largest absolute Gasteiger partial charge is 0.497 e. The molecule has 0 fully saturated rings. The third-order valence-electron chi connectivity index (χ3n) is 3.88. The number of ether oxygens (including phenoxy) is 1. The summed E-state index contributed by atoms with van der Waals surface area (Å²) in [5.74, 6) is 1.87. The van der Waals surface area contributed by atoms with Crippen molar-refractivity contribution in [3.8, 4) is 5.75 Å². The average molecular weight is 318 g/mol. The van der Waals surface area contributed by atoms with Gasteiger partial charge >= 0.3 is 0 Å². The quantitative estimate of drug-likeness (QED) is 0.812. The Balaban J connectivity index is 1.96. The van der Waals surface area contributed by atoms with Gasteiger partial charge in [0.1, 0.15) is 11.6 Å². The van der Waals surface area contributed by atoms with Crippen LogP contribution in [0, 0.1) is 6.92 Å². The van der Waals surface area contributed by atoms with Crippen molar-refractivity contribution >= 4 is 5.82 Å². The van der Waals surface area contributed by atoms with E-state index in [1.54, 1.807) is 7.11 Å². The predicted octanol–water partition coefficient (Wildman–Crippen LogP) is 1.63. The Morgan fingerprint density at radius 2 is 1.96 bits per heavy atom. The number of anilines is 1. The molecule has 126 valence electrons. The second-order valence-corrected chi connectivity index (χ2v) is 5.83. The van der Waals surface area contributed by atoms with E-state index in [1.165, 1.54) is 0 Å². The number of aliphatic hydroxyl groups is 1. The summed E-state index contributed by atoms with van der Waals surface area (Å²) in [6, 6.07) is 7.47. The van der Waals surface area contributed by atoms with E-state index in [1.807, 2.05) is 57.0 Å². The zero-order valence-corrected chi connectivity index (χ0v) is 14.5. The number of methoxy groups -OCH3 is 1. The number of aromatic nitrogens is 2. The van der Waals surface area contributed by atoms with Crippen LogP contribution in [0.3, 0.4) is 0 Å². The molecule has 0 radical (unpaired) electrons. The highest BCUT2D eigenvalue weighted by Crippen LogP contribution is 2.21. The molecule has 0 saturated carbocycles. The number of hydrogen-bond donors (Lipinski definition) is 2. The molecule has 2 rings (SSSR count). The highest BCUT2D eigenvalue weighted by Gasteiger charge is 2.15. The Bertz CT molecular complexity index is 635. The standard InChI is InChI=1S/C17H26N4O2/c1-12-15(17(20(2)3)21(4)19-12)10-18-11-16(22)13-6-8-14(23-5)9-7-13/h6-9,16,18,22H,10-11H2,1-5H3. The van der Waals surface area contributed by atoms with Crippen LogP contribution in [0.1, 0.15) is 22.9 Å². The van der Waals surface area contributed by atoms with Crippen molar-refractivity contribution in [2.24, 2.45) is 7.05 Å². The number of rotatable bonds is 7. The van der Waals surface area contributed by atoms with Gasteiger partial charge < -0.3 is 20.1 Å². The van der Waals surface area contributed by atoms with Crippen LogP contribution in [0.15, 0.2) is 24.3 Å². The van der Waals surface area contributed by atoms with Crippen molar-refractivity contribution in [2.45, 2.75) is 19.6 Å². The van der Waals surface area contributed by atoms with Crippen molar-refractivity contribution in [1.29, 1.82) is 0 Å². The van der Waals surface area contributed by atoms with Gasteiger partial charge in [0.05, 0.1) is 18.9 Å². The van der Waals surface area contributed by atoms with Crippen molar-refractivity contribution < 1.29 is 9.84 Å². The SMILES string of the molecule is COc1ccc(C(O)CNCc2c(C)nn(C)c2N(C)C)cc1. The van der Waals surface area contributed by atoms with Crippen molar-refractivity contribution in [3.05, 3.63) is 41.1 Å². The molecule has 1 heterocycles. The molecule has 6 heteroatoms. The molecule has 6 nitrogen and oxygen atoms in total. The third-order valence-corrected chi connectivity index (χ3v) is 3.88. The van der Waals surface area contributed by atoms with Crippen LogP contribution in [0.4, 0.5) is 5.82 Å². The summed E-state index contributed by atoms with van der Waals surface area (Å²) in [6.07, 6.45) is -0.555. The Hall–Kier alpha value is -2.05. The fourth-order valence-corrected chi connectivity index (χ4v) is 2.73. The first-order valence-electron chi connectivity index (χ1n) is 7.66. The van der Waals surface area contributed by atoms with E-state index in [0.29, 0.717) is 13.1 Å². The second-order valence-electron chi connectivity index (χ2n) is 5.83. The van der Waals surface area contributed by atoms with E-state index in [2.05, 4.69) is 15.3 Å². The van der Waals surface area contributed by atoms with Crippen LogP contribution in [-0.2, 0) is 13.6 Å². The van der Waals surface area contributed by atoms with Crippen LogP contribution < -0.4 is 15.0 Å².